The maximum atomic E-state index is 9.63. The highest BCUT2D eigenvalue weighted by Crippen LogP contribution is 2.52. The van der Waals surface area contributed by atoms with Gasteiger partial charge in [-0.2, -0.15) is 5.26 Å². The number of rotatable bonds is 1. The summed E-state index contributed by atoms with van der Waals surface area (Å²) in [6, 6.07) is 8.56. The summed E-state index contributed by atoms with van der Waals surface area (Å²) < 4.78 is 0. The lowest BCUT2D eigenvalue weighted by Gasteiger charge is -2.47. The third kappa shape index (κ3) is 1.28. The van der Waals surface area contributed by atoms with E-state index in [1.165, 1.54) is 25.7 Å². The lowest BCUT2D eigenvalue weighted by molar-refractivity contribution is 0.0989. The minimum atomic E-state index is -0.275. The van der Waals surface area contributed by atoms with E-state index in [0.717, 1.165) is 18.0 Å². The Labute approximate surface area is 96.3 Å². The summed E-state index contributed by atoms with van der Waals surface area (Å²) >= 11 is 0. The van der Waals surface area contributed by atoms with Gasteiger partial charge < -0.3 is 0 Å². The van der Waals surface area contributed by atoms with Crippen molar-refractivity contribution in [3.63, 3.8) is 0 Å². The van der Waals surface area contributed by atoms with Gasteiger partial charge >= 0.3 is 0 Å². The summed E-state index contributed by atoms with van der Waals surface area (Å²) in [7, 11) is 0. The van der Waals surface area contributed by atoms with Crippen LogP contribution < -0.4 is 0 Å². The molecule has 1 atom stereocenters. The highest BCUT2D eigenvalue weighted by Gasteiger charge is 2.49. The molecule has 1 unspecified atom stereocenters. The van der Waals surface area contributed by atoms with Crippen LogP contribution in [0.1, 0.15) is 37.8 Å². The van der Waals surface area contributed by atoms with Crippen LogP contribution in [-0.2, 0) is 5.41 Å². The number of nitriles is 1. The SMILES string of the molecule is N#CC1(c2ccccn2)CC2CCC1CC2. The Balaban J connectivity index is 2.05. The van der Waals surface area contributed by atoms with Gasteiger partial charge in [-0.05, 0) is 43.2 Å². The van der Waals surface area contributed by atoms with E-state index in [-0.39, 0.29) is 5.41 Å². The summed E-state index contributed by atoms with van der Waals surface area (Å²) in [4.78, 5) is 4.44. The first-order valence-electron chi connectivity index (χ1n) is 6.18. The molecular weight excluding hydrogens is 196 g/mol. The second-order valence-corrected chi connectivity index (χ2v) is 5.22. The number of aromatic nitrogens is 1. The summed E-state index contributed by atoms with van der Waals surface area (Å²) in [6.45, 7) is 0. The number of hydrogen-bond acceptors (Lipinski definition) is 2. The Hall–Kier alpha value is -1.36. The monoisotopic (exact) mass is 212 g/mol. The van der Waals surface area contributed by atoms with Gasteiger partial charge in [-0.1, -0.05) is 18.9 Å². The Morgan fingerprint density at radius 3 is 2.56 bits per heavy atom. The quantitative estimate of drug-likeness (QED) is 0.717. The molecule has 1 aromatic heterocycles. The minimum absolute atomic E-state index is 0.275. The fourth-order valence-electron chi connectivity index (χ4n) is 3.62. The van der Waals surface area contributed by atoms with Gasteiger partial charge in [-0.3, -0.25) is 4.98 Å². The molecule has 0 saturated heterocycles. The molecule has 3 fully saturated rings. The second kappa shape index (κ2) is 3.59. The number of nitrogens with zero attached hydrogens (tertiary/aromatic N) is 2. The van der Waals surface area contributed by atoms with Gasteiger partial charge in [0, 0.05) is 6.20 Å². The predicted octanol–water partition coefficient (Wildman–Crippen LogP) is 3.05. The van der Waals surface area contributed by atoms with E-state index in [4.69, 9.17) is 0 Å². The lowest BCUT2D eigenvalue weighted by Crippen LogP contribution is -2.44. The summed E-state index contributed by atoms with van der Waals surface area (Å²) in [6.07, 6.45) is 7.92. The van der Waals surface area contributed by atoms with Crippen molar-refractivity contribution in [1.29, 1.82) is 5.26 Å². The molecule has 2 nitrogen and oxygen atoms in total. The molecule has 0 amide bonds. The van der Waals surface area contributed by atoms with Gasteiger partial charge in [0.1, 0.15) is 5.41 Å². The molecule has 3 aliphatic rings. The van der Waals surface area contributed by atoms with E-state index in [2.05, 4.69) is 11.1 Å². The minimum Gasteiger partial charge on any atom is -0.260 e. The van der Waals surface area contributed by atoms with Crippen LogP contribution in [0.15, 0.2) is 24.4 Å². The molecule has 82 valence electrons. The van der Waals surface area contributed by atoms with Crippen molar-refractivity contribution in [2.24, 2.45) is 11.8 Å². The van der Waals surface area contributed by atoms with Crippen LogP contribution in [0.3, 0.4) is 0 Å². The van der Waals surface area contributed by atoms with Gasteiger partial charge in [0.05, 0.1) is 11.8 Å². The molecule has 1 aromatic rings. The fourth-order valence-corrected chi connectivity index (χ4v) is 3.62. The fraction of sp³-hybridized carbons (Fsp3) is 0.571. The Kier molecular flexibility index (Phi) is 2.21. The maximum Gasteiger partial charge on any atom is 0.102 e. The van der Waals surface area contributed by atoms with Gasteiger partial charge in [-0.15, -0.1) is 0 Å². The maximum absolute atomic E-state index is 9.63. The van der Waals surface area contributed by atoms with Gasteiger partial charge in [0.15, 0.2) is 0 Å². The van der Waals surface area contributed by atoms with E-state index in [9.17, 15) is 5.26 Å². The van der Waals surface area contributed by atoms with E-state index in [1.54, 1.807) is 0 Å². The average molecular weight is 212 g/mol. The molecule has 2 bridgehead atoms. The van der Waals surface area contributed by atoms with E-state index < -0.39 is 0 Å². The second-order valence-electron chi connectivity index (χ2n) is 5.22. The molecule has 0 N–H and O–H groups in total. The van der Waals surface area contributed by atoms with Crippen LogP contribution in [0.2, 0.25) is 0 Å². The molecule has 0 aromatic carbocycles. The normalized spacial score (nSPS) is 36.9. The average Bonchev–Trinajstić information content (AvgIpc) is 2.41. The van der Waals surface area contributed by atoms with Gasteiger partial charge in [0.2, 0.25) is 0 Å². The lowest BCUT2D eigenvalue weighted by atomic mass is 9.55. The Morgan fingerprint density at radius 1 is 1.25 bits per heavy atom. The Bertz CT molecular complexity index is 412. The van der Waals surface area contributed by atoms with Gasteiger partial charge in [-0.25, -0.2) is 0 Å². The molecule has 0 aliphatic heterocycles. The van der Waals surface area contributed by atoms with Gasteiger partial charge in [0.25, 0.3) is 0 Å². The van der Waals surface area contributed by atoms with Crippen molar-refractivity contribution in [3.8, 4) is 6.07 Å². The van der Waals surface area contributed by atoms with Crippen LogP contribution in [-0.4, -0.2) is 4.98 Å². The van der Waals surface area contributed by atoms with Crippen LogP contribution in [0.25, 0.3) is 0 Å². The zero-order chi connectivity index (χ0) is 11.0. The first-order valence-corrected chi connectivity index (χ1v) is 6.18. The Morgan fingerprint density at radius 2 is 2.06 bits per heavy atom. The summed E-state index contributed by atoms with van der Waals surface area (Å²) in [5.74, 6) is 1.30. The van der Waals surface area contributed by atoms with Crippen molar-refractivity contribution in [2.45, 2.75) is 37.5 Å². The summed E-state index contributed by atoms with van der Waals surface area (Å²) in [5.41, 5.74) is 0.731. The van der Waals surface area contributed by atoms with Crippen LogP contribution >= 0.6 is 0 Å². The molecule has 0 spiro atoms. The molecule has 16 heavy (non-hydrogen) atoms. The first-order chi connectivity index (χ1) is 7.85. The molecular formula is C14H16N2. The molecule has 0 radical (unpaired) electrons. The highest BCUT2D eigenvalue weighted by molar-refractivity contribution is 5.30. The molecule has 4 rings (SSSR count). The van der Waals surface area contributed by atoms with Crippen molar-refractivity contribution in [1.82, 2.24) is 4.98 Å². The van der Waals surface area contributed by atoms with Crippen LogP contribution in [0.4, 0.5) is 0 Å². The van der Waals surface area contributed by atoms with Crippen LogP contribution in [0, 0.1) is 23.2 Å². The topological polar surface area (TPSA) is 36.7 Å². The van der Waals surface area contributed by atoms with Crippen molar-refractivity contribution < 1.29 is 0 Å². The first kappa shape index (κ1) is 9.84. The molecule has 3 aliphatic carbocycles. The number of pyridine rings is 1. The standard InChI is InChI=1S/C14H16N2/c15-10-14(13-3-1-2-8-16-13)9-11-4-6-12(14)7-5-11/h1-3,8,11-12H,4-7,9H2. The largest absolute Gasteiger partial charge is 0.260 e. The van der Waals surface area contributed by atoms with E-state index >= 15 is 0 Å². The zero-order valence-electron chi connectivity index (χ0n) is 9.39. The van der Waals surface area contributed by atoms with Crippen LogP contribution in [0.5, 0.6) is 0 Å². The predicted molar refractivity (Wildman–Crippen MR) is 61.6 cm³/mol. The third-order valence-corrected chi connectivity index (χ3v) is 4.48. The van der Waals surface area contributed by atoms with E-state index in [1.807, 2.05) is 24.4 Å². The molecule has 3 saturated carbocycles. The summed E-state index contributed by atoms with van der Waals surface area (Å²) in [5, 5.41) is 9.63. The highest BCUT2D eigenvalue weighted by atomic mass is 14.7. The number of hydrogen-bond donors (Lipinski definition) is 0. The van der Waals surface area contributed by atoms with E-state index in [0.29, 0.717) is 5.92 Å². The smallest absolute Gasteiger partial charge is 0.102 e. The van der Waals surface area contributed by atoms with Crippen molar-refractivity contribution in [2.75, 3.05) is 0 Å². The number of fused-ring (bicyclic) bond motifs is 3. The van der Waals surface area contributed by atoms with Crippen molar-refractivity contribution in [3.05, 3.63) is 30.1 Å². The van der Waals surface area contributed by atoms with Crippen molar-refractivity contribution >= 4 is 0 Å². The zero-order valence-corrected chi connectivity index (χ0v) is 9.39. The third-order valence-electron chi connectivity index (χ3n) is 4.48. The molecule has 2 heteroatoms. The molecule has 1 heterocycles.